The van der Waals surface area contributed by atoms with E-state index in [4.69, 9.17) is 14.0 Å². The summed E-state index contributed by atoms with van der Waals surface area (Å²) in [5.41, 5.74) is 3.21. The van der Waals surface area contributed by atoms with Crippen molar-refractivity contribution in [2.24, 2.45) is 5.92 Å². The molecule has 3 aromatic rings. The van der Waals surface area contributed by atoms with E-state index in [1.54, 1.807) is 24.3 Å². The average molecular weight is 424 g/mol. The molecule has 0 saturated carbocycles. The van der Waals surface area contributed by atoms with E-state index in [0.717, 1.165) is 42.7 Å². The van der Waals surface area contributed by atoms with Crippen LogP contribution in [0.3, 0.4) is 0 Å². The summed E-state index contributed by atoms with van der Waals surface area (Å²) in [6.07, 6.45) is 1.96. The van der Waals surface area contributed by atoms with Crippen LogP contribution in [0.5, 0.6) is 5.75 Å². The third kappa shape index (κ3) is 5.30. The molecule has 2 aromatic carbocycles. The average Bonchev–Trinajstić information content (AvgIpc) is 3.19. The largest absolute Gasteiger partial charge is 0.484 e. The molecule has 1 fully saturated rings. The van der Waals surface area contributed by atoms with Crippen LogP contribution in [0.15, 0.2) is 53.1 Å². The minimum Gasteiger partial charge on any atom is -0.484 e. The van der Waals surface area contributed by atoms with Crippen LogP contribution >= 0.6 is 0 Å². The molecule has 1 aliphatic rings. The van der Waals surface area contributed by atoms with Crippen molar-refractivity contribution in [3.05, 3.63) is 59.9 Å². The van der Waals surface area contributed by atoms with Crippen LogP contribution in [0.4, 0.5) is 4.39 Å². The second-order valence-corrected chi connectivity index (χ2v) is 7.67. The topological polar surface area (TPSA) is 73.6 Å². The van der Waals surface area contributed by atoms with Gasteiger partial charge in [-0.05, 0) is 74.2 Å². The molecule has 0 bridgehead atoms. The summed E-state index contributed by atoms with van der Waals surface area (Å²) in [6.45, 7) is 4.07. The Bertz CT molecular complexity index is 1010. The number of carbonyl (C=O) groups excluding carboxylic acids is 1. The highest BCUT2D eigenvalue weighted by Crippen LogP contribution is 2.32. The number of carbonyl (C=O) groups is 1. The van der Waals surface area contributed by atoms with Crippen molar-refractivity contribution >= 4 is 5.91 Å². The summed E-state index contributed by atoms with van der Waals surface area (Å²) < 4.78 is 29.6. The van der Waals surface area contributed by atoms with Gasteiger partial charge in [-0.25, -0.2) is 4.39 Å². The van der Waals surface area contributed by atoms with Gasteiger partial charge in [-0.2, -0.15) is 0 Å². The first-order valence-corrected chi connectivity index (χ1v) is 10.4. The first-order valence-electron chi connectivity index (χ1n) is 10.4. The SMILES string of the molecule is Cc1c(-c2ccc(OCC(=O)NCC3CCOCC3)cc2)noc1-c1ccc(F)cc1. The number of amides is 1. The Morgan fingerprint density at radius 2 is 1.77 bits per heavy atom. The number of hydrogen-bond donors (Lipinski definition) is 1. The number of rotatable bonds is 7. The lowest BCUT2D eigenvalue weighted by Crippen LogP contribution is -2.35. The van der Waals surface area contributed by atoms with Crippen molar-refractivity contribution in [2.75, 3.05) is 26.4 Å². The summed E-state index contributed by atoms with van der Waals surface area (Å²) in [7, 11) is 0. The molecular formula is C24H25FN2O4. The Balaban J connectivity index is 1.33. The van der Waals surface area contributed by atoms with Gasteiger partial charge in [-0.1, -0.05) is 5.16 Å². The Kier molecular flexibility index (Phi) is 6.62. The summed E-state index contributed by atoms with van der Waals surface area (Å²) in [5.74, 6) is 1.25. The molecule has 0 radical (unpaired) electrons. The zero-order chi connectivity index (χ0) is 21.6. The molecule has 1 aliphatic heterocycles. The highest BCUT2D eigenvalue weighted by Gasteiger charge is 2.16. The minimum atomic E-state index is -0.297. The number of aromatic nitrogens is 1. The fraction of sp³-hybridized carbons (Fsp3) is 0.333. The number of nitrogens with one attached hydrogen (secondary N) is 1. The van der Waals surface area contributed by atoms with E-state index < -0.39 is 0 Å². The maximum Gasteiger partial charge on any atom is 0.257 e. The molecule has 6 nitrogen and oxygen atoms in total. The Hall–Kier alpha value is -3.19. The van der Waals surface area contributed by atoms with Crippen molar-refractivity contribution in [1.29, 1.82) is 0 Å². The molecular weight excluding hydrogens is 399 g/mol. The first kappa shape index (κ1) is 21.1. The highest BCUT2D eigenvalue weighted by atomic mass is 19.1. The molecule has 0 aliphatic carbocycles. The second-order valence-electron chi connectivity index (χ2n) is 7.67. The molecule has 162 valence electrons. The maximum atomic E-state index is 13.2. The first-order chi connectivity index (χ1) is 15.1. The Morgan fingerprint density at radius 1 is 1.10 bits per heavy atom. The number of benzene rings is 2. The van der Waals surface area contributed by atoms with Gasteiger partial charge < -0.3 is 19.3 Å². The van der Waals surface area contributed by atoms with E-state index in [2.05, 4.69) is 10.5 Å². The van der Waals surface area contributed by atoms with Gasteiger partial charge in [0.15, 0.2) is 12.4 Å². The molecule has 1 N–H and O–H groups in total. The fourth-order valence-electron chi connectivity index (χ4n) is 3.59. The molecule has 0 atom stereocenters. The molecule has 2 heterocycles. The zero-order valence-electron chi connectivity index (χ0n) is 17.4. The predicted octanol–water partition coefficient (Wildman–Crippen LogP) is 4.38. The van der Waals surface area contributed by atoms with Gasteiger partial charge in [0, 0.05) is 36.4 Å². The predicted molar refractivity (Wildman–Crippen MR) is 114 cm³/mol. The van der Waals surface area contributed by atoms with Crippen LogP contribution in [0, 0.1) is 18.7 Å². The fourth-order valence-corrected chi connectivity index (χ4v) is 3.59. The monoisotopic (exact) mass is 424 g/mol. The molecule has 31 heavy (non-hydrogen) atoms. The molecule has 7 heteroatoms. The number of ether oxygens (including phenoxy) is 2. The van der Waals surface area contributed by atoms with E-state index in [0.29, 0.717) is 29.7 Å². The van der Waals surface area contributed by atoms with E-state index in [1.807, 2.05) is 19.1 Å². The van der Waals surface area contributed by atoms with Crippen molar-refractivity contribution in [1.82, 2.24) is 10.5 Å². The lowest BCUT2D eigenvalue weighted by Gasteiger charge is -2.22. The van der Waals surface area contributed by atoms with Crippen molar-refractivity contribution < 1.29 is 23.2 Å². The Morgan fingerprint density at radius 3 is 2.48 bits per heavy atom. The van der Waals surface area contributed by atoms with Crippen LogP contribution in [-0.2, 0) is 9.53 Å². The summed E-state index contributed by atoms with van der Waals surface area (Å²) in [4.78, 5) is 12.0. The quantitative estimate of drug-likeness (QED) is 0.609. The van der Waals surface area contributed by atoms with Crippen LogP contribution in [-0.4, -0.2) is 37.4 Å². The van der Waals surface area contributed by atoms with Gasteiger partial charge >= 0.3 is 0 Å². The van der Waals surface area contributed by atoms with Gasteiger partial charge in [0.1, 0.15) is 17.3 Å². The van der Waals surface area contributed by atoms with E-state index in [1.165, 1.54) is 12.1 Å². The van der Waals surface area contributed by atoms with Crippen LogP contribution in [0.25, 0.3) is 22.6 Å². The normalized spacial score (nSPS) is 14.4. The van der Waals surface area contributed by atoms with Crippen LogP contribution in [0.1, 0.15) is 18.4 Å². The third-order valence-electron chi connectivity index (χ3n) is 5.46. The number of halogens is 1. The highest BCUT2D eigenvalue weighted by molar-refractivity contribution is 5.77. The summed E-state index contributed by atoms with van der Waals surface area (Å²) >= 11 is 0. The molecule has 1 saturated heterocycles. The smallest absolute Gasteiger partial charge is 0.257 e. The van der Waals surface area contributed by atoms with Gasteiger partial charge in [0.05, 0.1) is 0 Å². The summed E-state index contributed by atoms with van der Waals surface area (Å²) in [6, 6.07) is 13.4. The minimum absolute atomic E-state index is 0.0275. The standard InChI is InChI=1S/C24H25FN2O4/c1-16-23(27-31-24(16)19-2-6-20(25)7-3-19)18-4-8-21(9-5-18)30-15-22(28)26-14-17-10-12-29-13-11-17/h2-9,17H,10-15H2,1H3,(H,26,28). The lowest BCUT2D eigenvalue weighted by molar-refractivity contribution is -0.123. The molecule has 0 spiro atoms. The third-order valence-corrected chi connectivity index (χ3v) is 5.46. The van der Waals surface area contributed by atoms with Crippen LogP contribution < -0.4 is 10.1 Å². The van der Waals surface area contributed by atoms with Crippen LogP contribution in [0.2, 0.25) is 0 Å². The van der Waals surface area contributed by atoms with Crippen molar-refractivity contribution in [3.8, 4) is 28.3 Å². The Labute approximate surface area is 180 Å². The van der Waals surface area contributed by atoms with Crippen molar-refractivity contribution in [3.63, 3.8) is 0 Å². The zero-order valence-corrected chi connectivity index (χ0v) is 17.4. The molecule has 0 unspecified atom stereocenters. The second kappa shape index (κ2) is 9.75. The maximum absolute atomic E-state index is 13.2. The van der Waals surface area contributed by atoms with E-state index in [9.17, 15) is 9.18 Å². The summed E-state index contributed by atoms with van der Waals surface area (Å²) in [5, 5.41) is 7.10. The van der Waals surface area contributed by atoms with Gasteiger partial charge in [-0.15, -0.1) is 0 Å². The molecule has 4 rings (SSSR count). The number of hydrogen-bond acceptors (Lipinski definition) is 5. The van der Waals surface area contributed by atoms with Crippen molar-refractivity contribution in [2.45, 2.75) is 19.8 Å². The van der Waals surface area contributed by atoms with Gasteiger partial charge in [-0.3, -0.25) is 4.79 Å². The molecule has 1 amide bonds. The molecule has 1 aromatic heterocycles. The number of nitrogens with zero attached hydrogens (tertiary/aromatic N) is 1. The van der Waals surface area contributed by atoms with Gasteiger partial charge in [0.25, 0.3) is 5.91 Å². The van der Waals surface area contributed by atoms with E-state index in [-0.39, 0.29) is 18.3 Å². The van der Waals surface area contributed by atoms with Gasteiger partial charge in [0.2, 0.25) is 0 Å². The lowest BCUT2D eigenvalue weighted by atomic mass is 10.0. The van der Waals surface area contributed by atoms with E-state index >= 15 is 0 Å².